The number of nitrogens with zero attached hydrogens (tertiary/aromatic N) is 2. The maximum Gasteiger partial charge on any atom is 0.413 e. The third-order valence-corrected chi connectivity index (χ3v) is 6.16. The first-order valence-electron chi connectivity index (χ1n) is 11.4. The van der Waals surface area contributed by atoms with Crippen molar-refractivity contribution in [2.45, 2.75) is 85.2 Å². The van der Waals surface area contributed by atoms with Crippen LogP contribution in [0.15, 0.2) is 36.4 Å². The number of hydrogen-bond donors (Lipinski definition) is 0. The van der Waals surface area contributed by atoms with Gasteiger partial charge in [0.15, 0.2) is 0 Å². The van der Waals surface area contributed by atoms with Crippen LogP contribution in [0.3, 0.4) is 0 Å². The average molecular weight is 431 g/mol. The molecule has 0 radical (unpaired) electrons. The van der Waals surface area contributed by atoms with E-state index in [4.69, 9.17) is 0 Å². The first kappa shape index (κ1) is 25.2. The van der Waals surface area contributed by atoms with Gasteiger partial charge in [-0.2, -0.15) is 8.78 Å². The molecular weight excluding hydrogens is 390 g/mol. The second-order valence-corrected chi connectivity index (χ2v) is 9.82. The molecule has 0 heterocycles. The zero-order valence-electron chi connectivity index (χ0n) is 20.9. The van der Waals surface area contributed by atoms with Crippen LogP contribution in [0.4, 0.5) is 20.2 Å². The Balaban J connectivity index is 2.70. The van der Waals surface area contributed by atoms with Gasteiger partial charge in [0.25, 0.3) is 0 Å². The fraction of sp³-hybridized carbons (Fsp3) is 0.556. The van der Waals surface area contributed by atoms with Crippen LogP contribution in [0.2, 0.25) is 0 Å². The van der Waals surface area contributed by atoms with Crippen LogP contribution in [0, 0.1) is 0 Å². The zero-order chi connectivity index (χ0) is 23.7. The molecule has 0 aliphatic heterocycles. The summed E-state index contributed by atoms with van der Waals surface area (Å²) in [5, 5.41) is 0. The van der Waals surface area contributed by atoms with Gasteiger partial charge in [-0.25, -0.2) is 0 Å². The third-order valence-electron chi connectivity index (χ3n) is 6.16. The molecule has 0 spiro atoms. The molecule has 0 aromatic heterocycles. The molecule has 0 saturated heterocycles. The van der Waals surface area contributed by atoms with E-state index in [0.717, 1.165) is 22.3 Å². The molecule has 2 rings (SSSR count). The Labute approximate surface area is 188 Å². The molecule has 0 atom stereocenters. The second kappa shape index (κ2) is 9.58. The number of alkyl halides is 2. The highest BCUT2D eigenvalue weighted by Crippen LogP contribution is 2.43. The van der Waals surface area contributed by atoms with E-state index in [1.807, 2.05) is 36.4 Å². The van der Waals surface area contributed by atoms with Gasteiger partial charge in [0.1, 0.15) is 0 Å². The normalized spacial score (nSPS) is 12.4. The molecule has 172 valence electrons. The second-order valence-electron chi connectivity index (χ2n) is 9.82. The molecule has 0 aliphatic rings. The molecule has 0 unspecified atom stereocenters. The van der Waals surface area contributed by atoms with E-state index in [1.165, 1.54) is 23.9 Å². The molecule has 2 nitrogen and oxygen atoms in total. The van der Waals surface area contributed by atoms with Crippen LogP contribution >= 0.6 is 0 Å². The minimum Gasteiger partial charge on any atom is -0.297 e. The number of para-hydroxylation sites is 2. The van der Waals surface area contributed by atoms with E-state index in [9.17, 15) is 0 Å². The number of hydrogen-bond acceptors (Lipinski definition) is 2. The van der Waals surface area contributed by atoms with Crippen molar-refractivity contribution in [3.8, 4) is 0 Å². The Bertz CT molecular complexity index is 761. The van der Waals surface area contributed by atoms with Crippen molar-refractivity contribution < 1.29 is 8.78 Å². The molecule has 2 aromatic rings. The summed E-state index contributed by atoms with van der Waals surface area (Å²) in [6.45, 7) is 16.5. The number of benzene rings is 2. The monoisotopic (exact) mass is 430 g/mol. The lowest BCUT2D eigenvalue weighted by atomic mass is 9.91. The van der Waals surface area contributed by atoms with Gasteiger partial charge in [0, 0.05) is 14.1 Å². The van der Waals surface area contributed by atoms with Crippen molar-refractivity contribution in [1.29, 1.82) is 0 Å². The topological polar surface area (TPSA) is 6.48 Å². The quantitative estimate of drug-likeness (QED) is 0.307. The molecule has 0 amide bonds. The van der Waals surface area contributed by atoms with Crippen molar-refractivity contribution in [2.24, 2.45) is 0 Å². The smallest absolute Gasteiger partial charge is 0.297 e. The molecular formula is C27H40F2N2. The summed E-state index contributed by atoms with van der Waals surface area (Å²) in [5.74, 6) is 0.579. The molecule has 0 N–H and O–H groups in total. The summed E-state index contributed by atoms with van der Waals surface area (Å²) in [4.78, 5) is 2.36. The van der Waals surface area contributed by atoms with Crippen LogP contribution in [0.5, 0.6) is 0 Å². The predicted molar refractivity (Wildman–Crippen MR) is 131 cm³/mol. The van der Waals surface area contributed by atoms with Gasteiger partial charge < -0.3 is 0 Å². The van der Waals surface area contributed by atoms with E-state index in [2.05, 4.69) is 55.4 Å². The van der Waals surface area contributed by atoms with Crippen molar-refractivity contribution in [2.75, 3.05) is 23.9 Å². The van der Waals surface area contributed by atoms with Gasteiger partial charge in [-0.15, -0.1) is 0 Å². The first-order chi connectivity index (χ1) is 14.3. The van der Waals surface area contributed by atoms with E-state index >= 15 is 8.78 Å². The van der Waals surface area contributed by atoms with Gasteiger partial charge in [-0.1, -0.05) is 91.8 Å². The highest BCUT2D eigenvalue weighted by molar-refractivity contribution is 5.67. The Hall–Kier alpha value is -2.10. The standard InChI is InChI=1S/C27H40F2N2/c1-17(2)21-13-11-14-22(18(3)4)25(21)30(9)27(28,29)31(10)26-23(19(5)6)15-12-16-24(26)20(7)8/h11-20H,1-10H3. The van der Waals surface area contributed by atoms with Crippen LogP contribution in [-0.4, -0.2) is 20.3 Å². The summed E-state index contributed by atoms with van der Waals surface area (Å²) >= 11 is 0. The minimum atomic E-state index is -3.21. The van der Waals surface area contributed by atoms with Gasteiger partial charge in [-0.05, 0) is 45.9 Å². The van der Waals surface area contributed by atoms with E-state index in [1.54, 1.807) is 0 Å². The lowest BCUT2D eigenvalue weighted by molar-refractivity contribution is 0.00360. The highest BCUT2D eigenvalue weighted by Gasteiger charge is 2.43. The van der Waals surface area contributed by atoms with Gasteiger partial charge in [0.2, 0.25) is 0 Å². The predicted octanol–water partition coefficient (Wildman–Crippen LogP) is 8.30. The number of anilines is 2. The van der Waals surface area contributed by atoms with Crippen molar-refractivity contribution in [3.05, 3.63) is 58.7 Å². The maximum absolute atomic E-state index is 16.2. The molecule has 2 aromatic carbocycles. The third kappa shape index (κ3) is 4.88. The van der Waals surface area contributed by atoms with Crippen LogP contribution < -0.4 is 9.80 Å². The summed E-state index contributed by atoms with van der Waals surface area (Å²) in [6, 6.07) is 11.9. The van der Waals surface area contributed by atoms with Gasteiger partial charge in [-0.3, -0.25) is 9.80 Å². The molecule has 31 heavy (non-hydrogen) atoms. The summed E-state index contributed by atoms with van der Waals surface area (Å²) in [5.41, 5.74) is 5.06. The Morgan fingerprint density at radius 2 is 0.774 bits per heavy atom. The summed E-state index contributed by atoms with van der Waals surface area (Å²) in [6.07, 6.45) is -3.21. The van der Waals surface area contributed by atoms with Crippen LogP contribution in [-0.2, 0) is 0 Å². The zero-order valence-corrected chi connectivity index (χ0v) is 20.9. The SMILES string of the molecule is CC(C)c1cccc(C(C)C)c1N(C)C(F)(F)N(C)c1c(C(C)C)cccc1C(C)C. The first-order valence-corrected chi connectivity index (χ1v) is 11.4. The fourth-order valence-corrected chi connectivity index (χ4v) is 4.29. The van der Waals surface area contributed by atoms with E-state index < -0.39 is 6.17 Å². The average Bonchev–Trinajstić information content (AvgIpc) is 2.70. The fourth-order valence-electron chi connectivity index (χ4n) is 4.29. The van der Waals surface area contributed by atoms with Crippen molar-refractivity contribution >= 4 is 11.4 Å². The minimum absolute atomic E-state index is 0.145. The lowest BCUT2D eigenvalue weighted by Crippen LogP contribution is -2.53. The number of halogens is 2. The maximum atomic E-state index is 16.2. The van der Waals surface area contributed by atoms with Crippen LogP contribution in [0.25, 0.3) is 0 Å². The molecule has 0 fully saturated rings. The van der Waals surface area contributed by atoms with E-state index in [-0.39, 0.29) is 23.7 Å². The van der Waals surface area contributed by atoms with E-state index in [0.29, 0.717) is 11.4 Å². The van der Waals surface area contributed by atoms with Crippen molar-refractivity contribution in [1.82, 2.24) is 0 Å². The molecule has 0 bridgehead atoms. The van der Waals surface area contributed by atoms with Crippen LogP contribution in [0.1, 0.15) is 101 Å². The largest absolute Gasteiger partial charge is 0.413 e. The lowest BCUT2D eigenvalue weighted by Gasteiger charge is -2.41. The molecule has 4 heteroatoms. The van der Waals surface area contributed by atoms with Gasteiger partial charge >= 0.3 is 6.17 Å². The highest BCUT2D eigenvalue weighted by atomic mass is 19.3. The Morgan fingerprint density at radius 1 is 0.548 bits per heavy atom. The number of rotatable bonds is 8. The Morgan fingerprint density at radius 3 is 0.968 bits per heavy atom. The molecule has 0 aliphatic carbocycles. The summed E-state index contributed by atoms with van der Waals surface area (Å²) in [7, 11) is 3.05. The summed E-state index contributed by atoms with van der Waals surface area (Å²) < 4.78 is 32.4. The Kier molecular flexibility index (Phi) is 7.78. The van der Waals surface area contributed by atoms with Gasteiger partial charge in [0.05, 0.1) is 11.4 Å². The van der Waals surface area contributed by atoms with Crippen molar-refractivity contribution in [3.63, 3.8) is 0 Å². The molecule has 0 saturated carbocycles.